The van der Waals surface area contributed by atoms with E-state index in [0.29, 0.717) is 19.7 Å². The van der Waals surface area contributed by atoms with Crippen molar-refractivity contribution in [3.05, 3.63) is 0 Å². The molecule has 0 heterocycles. The SMILES string of the molecule is CC(CNCC(O)COCC1CC1)S(C)=O. The van der Waals surface area contributed by atoms with Crippen LogP contribution in [0.15, 0.2) is 0 Å². The van der Waals surface area contributed by atoms with Crippen molar-refractivity contribution in [1.29, 1.82) is 0 Å². The Morgan fingerprint density at radius 2 is 2.19 bits per heavy atom. The van der Waals surface area contributed by atoms with Crippen molar-refractivity contribution >= 4 is 10.8 Å². The summed E-state index contributed by atoms with van der Waals surface area (Å²) in [5, 5.41) is 12.8. The van der Waals surface area contributed by atoms with E-state index in [1.165, 1.54) is 12.8 Å². The van der Waals surface area contributed by atoms with E-state index >= 15 is 0 Å². The Labute approximate surface area is 100 Å². The van der Waals surface area contributed by atoms with E-state index in [0.717, 1.165) is 12.5 Å². The Morgan fingerprint density at radius 1 is 1.50 bits per heavy atom. The van der Waals surface area contributed by atoms with Crippen molar-refractivity contribution in [2.75, 3.05) is 32.6 Å². The summed E-state index contributed by atoms with van der Waals surface area (Å²) in [4.78, 5) is 0. The van der Waals surface area contributed by atoms with E-state index in [1.54, 1.807) is 6.26 Å². The standard InChI is InChI=1S/C11H23NO3S/c1-9(16(2)14)5-12-6-11(13)8-15-7-10-3-4-10/h9-13H,3-8H2,1-2H3. The van der Waals surface area contributed by atoms with Crippen LogP contribution in [0.25, 0.3) is 0 Å². The molecule has 0 radical (unpaired) electrons. The fourth-order valence-corrected chi connectivity index (χ4v) is 1.64. The van der Waals surface area contributed by atoms with Gasteiger partial charge in [-0.25, -0.2) is 0 Å². The van der Waals surface area contributed by atoms with Crippen LogP contribution in [0.2, 0.25) is 0 Å². The van der Waals surface area contributed by atoms with E-state index in [9.17, 15) is 9.32 Å². The summed E-state index contributed by atoms with van der Waals surface area (Å²) >= 11 is 0. The summed E-state index contributed by atoms with van der Waals surface area (Å²) in [6.07, 6.45) is 3.78. The quantitative estimate of drug-likeness (QED) is 0.610. The van der Waals surface area contributed by atoms with Crippen LogP contribution in [0.3, 0.4) is 0 Å². The van der Waals surface area contributed by atoms with Gasteiger partial charge in [-0.15, -0.1) is 0 Å². The van der Waals surface area contributed by atoms with Gasteiger partial charge >= 0.3 is 0 Å². The van der Waals surface area contributed by atoms with Crippen molar-refractivity contribution in [2.45, 2.75) is 31.1 Å². The van der Waals surface area contributed by atoms with Crippen LogP contribution in [0.5, 0.6) is 0 Å². The summed E-state index contributed by atoms with van der Waals surface area (Å²) in [5.74, 6) is 0.739. The Bertz CT molecular complexity index is 221. The zero-order valence-corrected chi connectivity index (χ0v) is 11.0. The molecule has 0 amide bonds. The molecule has 0 spiro atoms. The van der Waals surface area contributed by atoms with Crippen LogP contribution in [-0.4, -0.2) is 53.2 Å². The van der Waals surface area contributed by atoms with Gasteiger partial charge in [0.2, 0.25) is 0 Å². The van der Waals surface area contributed by atoms with Crippen LogP contribution in [0, 0.1) is 5.92 Å². The summed E-state index contributed by atoms with van der Waals surface area (Å²) in [6.45, 7) is 4.29. The lowest BCUT2D eigenvalue weighted by Crippen LogP contribution is -2.35. The summed E-state index contributed by atoms with van der Waals surface area (Å²) < 4.78 is 16.4. The summed E-state index contributed by atoms with van der Waals surface area (Å²) in [7, 11) is -0.804. The molecule has 3 unspecified atom stereocenters. The van der Waals surface area contributed by atoms with Gasteiger partial charge in [0.05, 0.1) is 12.7 Å². The minimum Gasteiger partial charge on any atom is -0.389 e. The molecule has 1 aliphatic rings. The van der Waals surface area contributed by atoms with E-state index in [4.69, 9.17) is 4.74 Å². The number of hydrogen-bond donors (Lipinski definition) is 2. The first-order chi connectivity index (χ1) is 7.59. The highest BCUT2D eigenvalue weighted by molar-refractivity contribution is 7.84. The Hall–Kier alpha value is 0.0300. The molecular formula is C11H23NO3S. The number of ether oxygens (including phenoxy) is 1. The van der Waals surface area contributed by atoms with E-state index in [1.807, 2.05) is 6.92 Å². The lowest BCUT2D eigenvalue weighted by molar-refractivity contribution is 0.0327. The van der Waals surface area contributed by atoms with Gasteiger partial charge in [0.25, 0.3) is 0 Å². The van der Waals surface area contributed by atoms with Crippen molar-refractivity contribution < 1.29 is 14.1 Å². The molecule has 0 saturated heterocycles. The van der Waals surface area contributed by atoms with Crippen LogP contribution in [0.4, 0.5) is 0 Å². The maximum Gasteiger partial charge on any atom is 0.0897 e. The minimum absolute atomic E-state index is 0.125. The first kappa shape index (κ1) is 14.1. The second-order valence-corrected chi connectivity index (χ2v) is 6.40. The minimum atomic E-state index is -0.804. The van der Waals surface area contributed by atoms with E-state index < -0.39 is 16.9 Å². The maximum atomic E-state index is 11.1. The second-order valence-electron chi connectivity index (χ2n) is 4.60. The van der Waals surface area contributed by atoms with Gasteiger partial charge in [0.15, 0.2) is 0 Å². The third-order valence-corrected chi connectivity index (χ3v) is 4.04. The van der Waals surface area contributed by atoms with Gasteiger partial charge in [0, 0.05) is 42.0 Å². The fourth-order valence-electron chi connectivity index (χ4n) is 1.28. The van der Waals surface area contributed by atoms with Gasteiger partial charge < -0.3 is 15.2 Å². The third-order valence-electron chi connectivity index (χ3n) is 2.74. The molecule has 0 aromatic carbocycles. The van der Waals surface area contributed by atoms with Crippen LogP contribution < -0.4 is 5.32 Å². The van der Waals surface area contributed by atoms with Crippen LogP contribution in [0.1, 0.15) is 19.8 Å². The zero-order valence-electron chi connectivity index (χ0n) is 10.1. The Balaban J connectivity index is 1.92. The lowest BCUT2D eigenvalue weighted by Gasteiger charge is -2.14. The van der Waals surface area contributed by atoms with Crippen molar-refractivity contribution in [2.24, 2.45) is 5.92 Å². The fraction of sp³-hybridized carbons (Fsp3) is 1.00. The average Bonchev–Trinajstić information content (AvgIpc) is 3.01. The van der Waals surface area contributed by atoms with Crippen molar-refractivity contribution in [3.63, 3.8) is 0 Å². The molecular weight excluding hydrogens is 226 g/mol. The summed E-state index contributed by atoms with van der Waals surface area (Å²) in [6, 6.07) is 0. The molecule has 16 heavy (non-hydrogen) atoms. The van der Waals surface area contributed by atoms with Crippen molar-refractivity contribution in [1.82, 2.24) is 5.32 Å². The lowest BCUT2D eigenvalue weighted by atomic mass is 10.3. The number of nitrogens with one attached hydrogen (secondary N) is 1. The van der Waals surface area contributed by atoms with Gasteiger partial charge in [-0.2, -0.15) is 0 Å². The molecule has 3 atom stereocenters. The zero-order chi connectivity index (χ0) is 12.0. The molecule has 1 saturated carbocycles. The highest BCUT2D eigenvalue weighted by Crippen LogP contribution is 2.28. The third kappa shape index (κ3) is 6.58. The largest absolute Gasteiger partial charge is 0.389 e. The predicted molar refractivity (Wildman–Crippen MR) is 65.9 cm³/mol. The molecule has 2 N–H and O–H groups in total. The van der Waals surface area contributed by atoms with Gasteiger partial charge in [-0.3, -0.25) is 4.21 Å². The number of aliphatic hydroxyl groups excluding tert-OH is 1. The van der Waals surface area contributed by atoms with Crippen LogP contribution in [-0.2, 0) is 15.5 Å². The first-order valence-corrected chi connectivity index (χ1v) is 7.50. The van der Waals surface area contributed by atoms with E-state index in [-0.39, 0.29) is 5.25 Å². The molecule has 96 valence electrons. The smallest absolute Gasteiger partial charge is 0.0897 e. The number of aliphatic hydroxyl groups is 1. The molecule has 1 rings (SSSR count). The molecule has 1 fully saturated rings. The van der Waals surface area contributed by atoms with E-state index in [2.05, 4.69) is 5.32 Å². The monoisotopic (exact) mass is 249 g/mol. The number of hydrogen-bond acceptors (Lipinski definition) is 4. The van der Waals surface area contributed by atoms with Gasteiger partial charge in [-0.05, 0) is 25.7 Å². The van der Waals surface area contributed by atoms with Crippen molar-refractivity contribution in [3.8, 4) is 0 Å². The Morgan fingerprint density at radius 3 is 2.75 bits per heavy atom. The predicted octanol–water partition coefficient (Wildman–Crippen LogP) is 0.131. The molecule has 4 nitrogen and oxygen atoms in total. The average molecular weight is 249 g/mol. The molecule has 0 aliphatic heterocycles. The highest BCUT2D eigenvalue weighted by atomic mass is 32.2. The Kier molecular flexibility index (Phi) is 6.49. The second kappa shape index (κ2) is 7.37. The first-order valence-electron chi connectivity index (χ1n) is 5.88. The molecule has 0 aromatic heterocycles. The summed E-state index contributed by atoms with van der Waals surface area (Å²) in [5.41, 5.74) is 0. The molecule has 0 bridgehead atoms. The maximum absolute atomic E-state index is 11.1. The highest BCUT2D eigenvalue weighted by Gasteiger charge is 2.21. The topological polar surface area (TPSA) is 58.6 Å². The molecule has 5 heteroatoms. The number of rotatable bonds is 9. The van der Waals surface area contributed by atoms with Gasteiger partial charge in [0.1, 0.15) is 0 Å². The van der Waals surface area contributed by atoms with Crippen LogP contribution >= 0.6 is 0 Å². The van der Waals surface area contributed by atoms with Gasteiger partial charge in [-0.1, -0.05) is 0 Å². The normalized spacial score (nSPS) is 21.7. The molecule has 1 aliphatic carbocycles. The molecule has 0 aromatic rings.